The Labute approximate surface area is 104 Å². The molecule has 1 heterocycles. The van der Waals surface area contributed by atoms with Gasteiger partial charge in [0.25, 0.3) is 0 Å². The lowest BCUT2D eigenvalue weighted by Gasteiger charge is -2.10. The van der Waals surface area contributed by atoms with Crippen molar-refractivity contribution in [3.05, 3.63) is 11.2 Å². The molecule has 0 aliphatic rings. The van der Waals surface area contributed by atoms with Crippen molar-refractivity contribution in [3.63, 3.8) is 0 Å². The van der Waals surface area contributed by atoms with E-state index in [1.54, 1.807) is 6.07 Å². The van der Waals surface area contributed by atoms with Crippen LogP contribution in [0.2, 0.25) is 5.15 Å². The van der Waals surface area contributed by atoms with E-state index in [9.17, 15) is 0 Å². The zero-order valence-electron chi connectivity index (χ0n) is 8.95. The average Bonchev–Trinajstić information content (AvgIpc) is 2.25. The number of anilines is 1. The Morgan fingerprint density at radius 2 is 2.20 bits per heavy atom. The molecule has 1 aromatic heterocycles. The predicted molar refractivity (Wildman–Crippen MR) is 70.3 cm³/mol. The summed E-state index contributed by atoms with van der Waals surface area (Å²) in [5.74, 6) is 0.792. The first-order valence-electron chi connectivity index (χ1n) is 4.51. The number of hydrogen-bond acceptors (Lipinski definition) is 5. The van der Waals surface area contributed by atoms with Gasteiger partial charge in [0.05, 0.1) is 0 Å². The van der Waals surface area contributed by atoms with Gasteiger partial charge in [-0.25, -0.2) is 9.97 Å². The molecule has 1 aromatic rings. The van der Waals surface area contributed by atoms with Crippen LogP contribution in [0.4, 0.5) is 5.82 Å². The minimum atomic E-state index is 0.480. The highest BCUT2D eigenvalue weighted by molar-refractivity contribution is 7.99. The van der Waals surface area contributed by atoms with Gasteiger partial charge in [-0.2, -0.15) is 11.8 Å². The van der Waals surface area contributed by atoms with Crippen LogP contribution in [0.15, 0.2) is 11.2 Å². The molecule has 0 aliphatic heterocycles. The largest absolute Gasteiger partial charge is 0.369 e. The molecular weight excluding hydrogens is 250 g/mol. The first kappa shape index (κ1) is 12.9. The first-order valence-corrected chi connectivity index (χ1v) is 7.40. The van der Waals surface area contributed by atoms with E-state index in [2.05, 4.69) is 28.5 Å². The molecule has 15 heavy (non-hydrogen) atoms. The van der Waals surface area contributed by atoms with Crippen LogP contribution in [0.25, 0.3) is 0 Å². The van der Waals surface area contributed by atoms with Gasteiger partial charge in [0.2, 0.25) is 0 Å². The van der Waals surface area contributed by atoms with Gasteiger partial charge < -0.3 is 5.32 Å². The van der Waals surface area contributed by atoms with Crippen molar-refractivity contribution in [1.29, 1.82) is 0 Å². The fraction of sp³-hybridized carbons (Fsp3) is 0.556. The molecule has 1 rings (SSSR count). The van der Waals surface area contributed by atoms with Crippen LogP contribution in [0.3, 0.4) is 0 Å². The number of thioether (sulfide) groups is 2. The third kappa shape index (κ3) is 4.49. The molecule has 0 amide bonds. The van der Waals surface area contributed by atoms with Crippen LogP contribution in [-0.4, -0.2) is 34.3 Å². The van der Waals surface area contributed by atoms with Crippen molar-refractivity contribution in [2.45, 2.75) is 17.3 Å². The van der Waals surface area contributed by atoms with Gasteiger partial charge in [-0.05, 0) is 12.5 Å². The molecule has 0 fully saturated rings. The number of hydrogen-bond donors (Lipinski definition) is 1. The molecule has 1 N–H and O–H groups in total. The summed E-state index contributed by atoms with van der Waals surface area (Å²) in [4.78, 5) is 8.38. The Kier molecular flexibility index (Phi) is 5.56. The Bertz CT molecular complexity index is 322. The van der Waals surface area contributed by atoms with Crippen LogP contribution in [0.5, 0.6) is 0 Å². The number of rotatable bonds is 5. The molecule has 6 heteroatoms. The van der Waals surface area contributed by atoms with Gasteiger partial charge in [-0.3, -0.25) is 0 Å². The van der Waals surface area contributed by atoms with Gasteiger partial charge in [0.1, 0.15) is 11.0 Å². The van der Waals surface area contributed by atoms with E-state index < -0.39 is 0 Å². The average molecular weight is 264 g/mol. The van der Waals surface area contributed by atoms with E-state index in [1.165, 1.54) is 11.8 Å². The summed E-state index contributed by atoms with van der Waals surface area (Å²) in [5.41, 5.74) is 0. The summed E-state index contributed by atoms with van der Waals surface area (Å²) < 4.78 is 0. The Hall–Kier alpha value is -0.130. The standard InChI is InChI=1S/C9H14ClN3S2/c1-6(14-2)5-11-8-4-7(10)12-9(13-8)15-3/h4,6H,5H2,1-3H3,(H,11,12,13). The molecule has 84 valence electrons. The van der Waals surface area contributed by atoms with Gasteiger partial charge in [0, 0.05) is 17.9 Å². The van der Waals surface area contributed by atoms with E-state index in [0.29, 0.717) is 15.6 Å². The Morgan fingerprint density at radius 3 is 2.80 bits per heavy atom. The van der Waals surface area contributed by atoms with E-state index in [-0.39, 0.29) is 0 Å². The monoisotopic (exact) mass is 263 g/mol. The molecule has 0 aliphatic carbocycles. The molecule has 3 nitrogen and oxygen atoms in total. The van der Waals surface area contributed by atoms with Gasteiger partial charge >= 0.3 is 0 Å². The molecule has 0 aromatic carbocycles. The van der Waals surface area contributed by atoms with Crippen molar-refractivity contribution >= 4 is 40.9 Å². The molecule has 0 saturated heterocycles. The highest BCUT2D eigenvalue weighted by Gasteiger charge is 2.03. The third-order valence-electron chi connectivity index (χ3n) is 1.83. The SMILES string of the molecule is CSc1nc(Cl)cc(NCC(C)SC)n1. The Morgan fingerprint density at radius 1 is 1.47 bits per heavy atom. The van der Waals surface area contributed by atoms with Crippen molar-refractivity contribution < 1.29 is 0 Å². The fourth-order valence-corrected chi connectivity index (χ4v) is 1.77. The molecule has 0 saturated carbocycles. The fourth-order valence-electron chi connectivity index (χ4n) is 0.910. The topological polar surface area (TPSA) is 37.8 Å². The van der Waals surface area contributed by atoms with E-state index in [0.717, 1.165) is 12.4 Å². The number of nitrogens with zero attached hydrogens (tertiary/aromatic N) is 2. The first-order chi connectivity index (χ1) is 7.15. The number of aromatic nitrogens is 2. The van der Waals surface area contributed by atoms with Crippen LogP contribution in [-0.2, 0) is 0 Å². The smallest absolute Gasteiger partial charge is 0.190 e. The lowest BCUT2D eigenvalue weighted by atomic mass is 10.4. The molecule has 0 radical (unpaired) electrons. The van der Waals surface area contributed by atoms with Crippen molar-refractivity contribution in [2.75, 3.05) is 24.4 Å². The predicted octanol–water partition coefficient (Wildman–Crippen LogP) is 3.02. The summed E-state index contributed by atoms with van der Waals surface area (Å²) in [6.45, 7) is 3.04. The quantitative estimate of drug-likeness (QED) is 0.502. The molecular formula is C9H14ClN3S2. The Balaban J connectivity index is 2.64. The maximum atomic E-state index is 5.87. The minimum Gasteiger partial charge on any atom is -0.369 e. The van der Waals surface area contributed by atoms with E-state index in [1.807, 2.05) is 18.0 Å². The van der Waals surface area contributed by atoms with Crippen LogP contribution < -0.4 is 5.32 Å². The second-order valence-electron chi connectivity index (χ2n) is 2.99. The lowest BCUT2D eigenvalue weighted by Crippen LogP contribution is -2.13. The van der Waals surface area contributed by atoms with E-state index in [4.69, 9.17) is 11.6 Å². The maximum absolute atomic E-state index is 5.87. The summed E-state index contributed by atoms with van der Waals surface area (Å²) in [6.07, 6.45) is 4.02. The highest BCUT2D eigenvalue weighted by Crippen LogP contribution is 2.17. The molecule has 0 spiro atoms. The van der Waals surface area contributed by atoms with Crippen LogP contribution >= 0.6 is 35.1 Å². The van der Waals surface area contributed by atoms with Gasteiger partial charge in [0.15, 0.2) is 5.16 Å². The summed E-state index contributed by atoms with van der Waals surface area (Å²) in [5, 5.41) is 4.97. The number of nitrogens with one attached hydrogen (secondary N) is 1. The van der Waals surface area contributed by atoms with Crippen molar-refractivity contribution in [1.82, 2.24) is 9.97 Å². The second-order valence-corrected chi connectivity index (χ2v) is 5.43. The van der Waals surface area contributed by atoms with Gasteiger partial charge in [-0.15, -0.1) is 0 Å². The van der Waals surface area contributed by atoms with Gasteiger partial charge in [-0.1, -0.05) is 30.3 Å². The van der Waals surface area contributed by atoms with Crippen molar-refractivity contribution in [2.24, 2.45) is 0 Å². The summed E-state index contributed by atoms with van der Waals surface area (Å²) in [6, 6.07) is 1.74. The highest BCUT2D eigenvalue weighted by atomic mass is 35.5. The zero-order valence-corrected chi connectivity index (χ0v) is 11.3. The summed E-state index contributed by atoms with van der Waals surface area (Å²) in [7, 11) is 0. The van der Waals surface area contributed by atoms with Crippen LogP contribution in [0.1, 0.15) is 6.92 Å². The second kappa shape index (κ2) is 6.45. The zero-order chi connectivity index (χ0) is 11.3. The molecule has 0 bridgehead atoms. The van der Waals surface area contributed by atoms with E-state index >= 15 is 0 Å². The molecule has 1 atom stereocenters. The minimum absolute atomic E-state index is 0.480. The third-order valence-corrected chi connectivity index (χ3v) is 3.54. The maximum Gasteiger partial charge on any atom is 0.190 e. The summed E-state index contributed by atoms with van der Waals surface area (Å²) >= 11 is 9.17. The van der Waals surface area contributed by atoms with Crippen LogP contribution in [0, 0.1) is 0 Å². The number of halogens is 1. The molecule has 1 unspecified atom stereocenters. The van der Waals surface area contributed by atoms with Crippen molar-refractivity contribution in [3.8, 4) is 0 Å². The normalized spacial score (nSPS) is 12.5. The lowest BCUT2D eigenvalue weighted by molar-refractivity contribution is 0.936.